The van der Waals surface area contributed by atoms with Gasteiger partial charge in [-0.15, -0.1) is 0 Å². The average Bonchev–Trinajstić information content (AvgIpc) is 2.16. The van der Waals surface area contributed by atoms with Crippen LogP contribution in [0.25, 0.3) is 0 Å². The van der Waals surface area contributed by atoms with E-state index in [0.29, 0.717) is 0 Å². The largest absolute Gasteiger partial charge is 0.393 e. The quantitative estimate of drug-likeness (QED) is 0.682. The highest BCUT2D eigenvalue weighted by Crippen LogP contribution is 2.44. The Bertz CT molecular complexity index is 188. The van der Waals surface area contributed by atoms with Gasteiger partial charge in [-0.05, 0) is 62.2 Å². The second kappa shape index (κ2) is 4.22. The molecule has 4 atom stereocenters. The van der Waals surface area contributed by atoms with Crippen LogP contribution in [0.15, 0.2) is 0 Å². The van der Waals surface area contributed by atoms with E-state index in [2.05, 4.69) is 13.8 Å². The van der Waals surface area contributed by atoms with Gasteiger partial charge in [-0.2, -0.15) is 0 Å². The lowest BCUT2D eigenvalue weighted by atomic mass is 9.65. The summed E-state index contributed by atoms with van der Waals surface area (Å²) in [6, 6.07) is 0. The average molecular weight is 196 g/mol. The molecule has 2 saturated carbocycles. The van der Waals surface area contributed by atoms with Crippen LogP contribution in [0.3, 0.4) is 0 Å². The SMILES string of the molecule is CC(C)C1CCC2CC(O)CCC2C1. The summed E-state index contributed by atoms with van der Waals surface area (Å²) in [4.78, 5) is 0. The second-order valence-electron chi connectivity index (χ2n) is 5.80. The van der Waals surface area contributed by atoms with Crippen molar-refractivity contribution in [3.05, 3.63) is 0 Å². The van der Waals surface area contributed by atoms with Gasteiger partial charge in [-0.3, -0.25) is 0 Å². The molecule has 2 aliphatic rings. The van der Waals surface area contributed by atoms with Gasteiger partial charge in [-0.25, -0.2) is 0 Å². The standard InChI is InChI=1S/C13H24O/c1-9(2)10-3-4-12-8-13(14)6-5-11(12)7-10/h9-14H,3-8H2,1-2H3. The van der Waals surface area contributed by atoms with Crippen molar-refractivity contribution < 1.29 is 5.11 Å². The van der Waals surface area contributed by atoms with E-state index in [1.54, 1.807) is 0 Å². The fourth-order valence-corrected chi connectivity index (χ4v) is 3.51. The molecule has 0 aromatic heterocycles. The summed E-state index contributed by atoms with van der Waals surface area (Å²) in [6.07, 6.45) is 7.69. The van der Waals surface area contributed by atoms with Crippen LogP contribution in [0.5, 0.6) is 0 Å². The fourth-order valence-electron chi connectivity index (χ4n) is 3.51. The van der Waals surface area contributed by atoms with Crippen LogP contribution >= 0.6 is 0 Å². The molecule has 0 saturated heterocycles. The summed E-state index contributed by atoms with van der Waals surface area (Å²) in [5.74, 6) is 3.63. The van der Waals surface area contributed by atoms with Crippen molar-refractivity contribution in [1.29, 1.82) is 0 Å². The summed E-state index contributed by atoms with van der Waals surface area (Å²) in [7, 11) is 0. The highest BCUT2D eigenvalue weighted by molar-refractivity contribution is 4.86. The minimum Gasteiger partial charge on any atom is -0.393 e. The number of hydrogen-bond donors (Lipinski definition) is 1. The van der Waals surface area contributed by atoms with Gasteiger partial charge in [0.25, 0.3) is 0 Å². The number of fused-ring (bicyclic) bond motifs is 1. The van der Waals surface area contributed by atoms with Gasteiger partial charge in [-0.1, -0.05) is 13.8 Å². The molecule has 2 rings (SSSR count). The first-order chi connectivity index (χ1) is 6.66. The van der Waals surface area contributed by atoms with Crippen molar-refractivity contribution in [3.8, 4) is 0 Å². The Morgan fingerprint density at radius 2 is 1.57 bits per heavy atom. The van der Waals surface area contributed by atoms with Crippen LogP contribution in [0.2, 0.25) is 0 Å². The lowest BCUT2D eigenvalue weighted by Gasteiger charge is -2.42. The number of rotatable bonds is 1. The van der Waals surface area contributed by atoms with Gasteiger partial charge in [0.2, 0.25) is 0 Å². The van der Waals surface area contributed by atoms with Crippen LogP contribution in [-0.2, 0) is 0 Å². The third-order valence-corrected chi connectivity index (χ3v) is 4.57. The third-order valence-electron chi connectivity index (χ3n) is 4.57. The lowest BCUT2D eigenvalue weighted by molar-refractivity contribution is 0.0282. The number of hydrogen-bond acceptors (Lipinski definition) is 1. The summed E-state index contributed by atoms with van der Waals surface area (Å²) < 4.78 is 0. The van der Waals surface area contributed by atoms with Gasteiger partial charge >= 0.3 is 0 Å². The van der Waals surface area contributed by atoms with Crippen LogP contribution in [-0.4, -0.2) is 11.2 Å². The molecular formula is C13H24O. The first-order valence-corrected chi connectivity index (χ1v) is 6.35. The topological polar surface area (TPSA) is 20.2 Å². The van der Waals surface area contributed by atoms with Crippen LogP contribution in [0.1, 0.15) is 52.4 Å². The predicted octanol–water partition coefficient (Wildman–Crippen LogP) is 3.22. The molecule has 4 unspecified atom stereocenters. The van der Waals surface area contributed by atoms with E-state index < -0.39 is 0 Å². The predicted molar refractivity (Wildman–Crippen MR) is 59.0 cm³/mol. The van der Waals surface area contributed by atoms with E-state index >= 15 is 0 Å². The van der Waals surface area contributed by atoms with Crippen molar-refractivity contribution in [3.63, 3.8) is 0 Å². The molecule has 2 aliphatic carbocycles. The van der Waals surface area contributed by atoms with Crippen LogP contribution in [0.4, 0.5) is 0 Å². The van der Waals surface area contributed by atoms with Gasteiger partial charge in [0, 0.05) is 0 Å². The monoisotopic (exact) mass is 196 g/mol. The van der Waals surface area contributed by atoms with E-state index in [1.165, 1.54) is 25.7 Å². The first-order valence-electron chi connectivity index (χ1n) is 6.35. The highest BCUT2D eigenvalue weighted by Gasteiger charge is 2.35. The molecule has 0 heterocycles. The first kappa shape index (κ1) is 10.5. The molecule has 0 amide bonds. The molecule has 0 aromatic carbocycles. The molecule has 82 valence electrons. The molecule has 0 aromatic rings. The molecule has 2 fully saturated rings. The Morgan fingerprint density at radius 1 is 0.929 bits per heavy atom. The van der Waals surface area contributed by atoms with Gasteiger partial charge in [0.15, 0.2) is 0 Å². The normalized spacial score (nSPS) is 43.7. The maximum absolute atomic E-state index is 9.62. The molecule has 0 aliphatic heterocycles. The smallest absolute Gasteiger partial charge is 0.0543 e. The van der Waals surface area contributed by atoms with Crippen molar-refractivity contribution in [2.45, 2.75) is 58.5 Å². The fraction of sp³-hybridized carbons (Fsp3) is 1.00. The van der Waals surface area contributed by atoms with Crippen molar-refractivity contribution >= 4 is 0 Å². The zero-order valence-corrected chi connectivity index (χ0v) is 9.58. The Hall–Kier alpha value is -0.0400. The Labute approximate surface area is 87.9 Å². The van der Waals surface area contributed by atoms with E-state index in [0.717, 1.165) is 36.5 Å². The van der Waals surface area contributed by atoms with E-state index in [1.807, 2.05) is 0 Å². The molecule has 1 N–H and O–H groups in total. The minimum atomic E-state index is 0.0202. The van der Waals surface area contributed by atoms with Crippen molar-refractivity contribution in [1.82, 2.24) is 0 Å². The third kappa shape index (κ3) is 2.13. The van der Waals surface area contributed by atoms with E-state index in [9.17, 15) is 5.11 Å². The van der Waals surface area contributed by atoms with Crippen molar-refractivity contribution in [2.75, 3.05) is 0 Å². The van der Waals surface area contributed by atoms with Gasteiger partial charge < -0.3 is 5.11 Å². The Balaban J connectivity index is 1.91. The number of aliphatic hydroxyl groups excluding tert-OH is 1. The molecule has 0 spiro atoms. The number of aliphatic hydroxyl groups is 1. The summed E-state index contributed by atoms with van der Waals surface area (Å²) in [5.41, 5.74) is 0. The molecule has 0 radical (unpaired) electrons. The minimum absolute atomic E-state index is 0.0202. The van der Waals surface area contributed by atoms with Gasteiger partial charge in [0.1, 0.15) is 0 Å². The maximum atomic E-state index is 9.62. The summed E-state index contributed by atoms with van der Waals surface area (Å²) >= 11 is 0. The molecule has 1 nitrogen and oxygen atoms in total. The Morgan fingerprint density at radius 3 is 2.29 bits per heavy atom. The lowest BCUT2D eigenvalue weighted by Crippen LogP contribution is -2.34. The van der Waals surface area contributed by atoms with Crippen LogP contribution in [0, 0.1) is 23.7 Å². The van der Waals surface area contributed by atoms with Crippen LogP contribution < -0.4 is 0 Å². The molecule has 14 heavy (non-hydrogen) atoms. The maximum Gasteiger partial charge on any atom is 0.0543 e. The molecule has 0 bridgehead atoms. The van der Waals surface area contributed by atoms with E-state index in [-0.39, 0.29) is 6.10 Å². The zero-order chi connectivity index (χ0) is 10.1. The Kier molecular flexibility index (Phi) is 3.16. The second-order valence-corrected chi connectivity index (χ2v) is 5.80. The van der Waals surface area contributed by atoms with Gasteiger partial charge in [0.05, 0.1) is 6.10 Å². The summed E-state index contributed by atoms with van der Waals surface area (Å²) in [6.45, 7) is 4.73. The van der Waals surface area contributed by atoms with Crippen molar-refractivity contribution in [2.24, 2.45) is 23.7 Å². The summed E-state index contributed by atoms with van der Waals surface area (Å²) in [5, 5.41) is 9.62. The zero-order valence-electron chi connectivity index (χ0n) is 9.58. The van der Waals surface area contributed by atoms with E-state index in [4.69, 9.17) is 0 Å². The molecular weight excluding hydrogens is 172 g/mol. The molecule has 1 heteroatoms. The highest BCUT2D eigenvalue weighted by atomic mass is 16.3.